The van der Waals surface area contributed by atoms with Crippen LogP contribution in [0.1, 0.15) is 58.8 Å². The van der Waals surface area contributed by atoms with Crippen LogP contribution >= 0.6 is 0 Å². The number of nitrogens with one attached hydrogen (secondary N) is 2. The van der Waals surface area contributed by atoms with Crippen molar-refractivity contribution in [2.75, 3.05) is 18.2 Å². The Morgan fingerprint density at radius 2 is 2.06 bits per heavy atom. The van der Waals surface area contributed by atoms with Gasteiger partial charge in [0.15, 0.2) is 0 Å². The molecule has 9 heteroatoms. The second kappa shape index (κ2) is 7.98. The van der Waals surface area contributed by atoms with E-state index < -0.39 is 0 Å². The number of halogens is 1. The number of aromatic amines is 1. The Balaban J connectivity index is 1.37. The Kier molecular flexibility index (Phi) is 5.23. The SMILES string of the molecule is COC1(c2cn[nH]c2)CC2CC(c3nn(C)c(N)c3C(=O)Nc3ccc(F)c(C)c3)CC2C1. The van der Waals surface area contributed by atoms with Crippen LogP contribution in [0.3, 0.4) is 0 Å². The van der Waals surface area contributed by atoms with Crippen molar-refractivity contribution in [3.05, 3.63) is 58.8 Å². The molecule has 2 atom stereocenters. The zero-order valence-electron chi connectivity index (χ0n) is 19.1. The largest absolute Gasteiger partial charge is 0.383 e. The van der Waals surface area contributed by atoms with Gasteiger partial charge in [0.2, 0.25) is 0 Å². The standard InChI is InChI=1S/C24H29FN6O2/c1-13-6-18(4-5-19(13)25)29-23(32)20-21(30-31(2)22(20)26)14-7-15-9-24(33-3,10-16(15)8-14)17-11-27-28-12-17/h4-6,11-12,14-16H,7-10,26H2,1-3H3,(H,27,28)(H,29,32). The molecule has 0 radical (unpaired) electrons. The van der Waals surface area contributed by atoms with Gasteiger partial charge in [0, 0.05) is 37.5 Å². The molecule has 3 aromatic rings. The third-order valence-corrected chi connectivity index (χ3v) is 7.59. The second-order valence-electron chi connectivity index (χ2n) is 9.47. The van der Waals surface area contributed by atoms with Crippen LogP contribution in [-0.4, -0.2) is 33.0 Å². The predicted octanol–water partition coefficient (Wildman–Crippen LogP) is 3.87. The number of nitrogens with two attached hydrogens (primary N) is 1. The summed E-state index contributed by atoms with van der Waals surface area (Å²) in [6, 6.07) is 4.50. The zero-order chi connectivity index (χ0) is 23.3. The topological polar surface area (TPSA) is 111 Å². The first kappa shape index (κ1) is 21.6. The summed E-state index contributed by atoms with van der Waals surface area (Å²) in [6.07, 6.45) is 7.47. The lowest BCUT2D eigenvalue weighted by Gasteiger charge is -2.28. The molecule has 1 amide bonds. The highest BCUT2D eigenvalue weighted by atomic mass is 19.1. The number of carbonyl (C=O) groups is 1. The highest BCUT2D eigenvalue weighted by molar-refractivity contribution is 6.08. The summed E-state index contributed by atoms with van der Waals surface area (Å²) >= 11 is 0. The number of hydrogen-bond donors (Lipinski definition) is 3. The first-order chi connectivity index (χ1) is 15.8. The lowest BCUT2D eigenvalue weighted by atomic mass is 9.88. The summed E-state index contributed by atoms with van der Waals surface area (Å²) in [5.74, 6) is 0.812. The number of benzene rings is 1. The number of rotatable bonds is 5. The summed E-state index contributed by atoms with van der Waals surface area (Å²) in [5.41, 5.74) is 9.21. The van der Waals surface area contributed by atoms with Gasteiger partial charge in [-0.15, -0.1) is 0 Å². The number of nitrogens with zero attached hydrogens (tertiary/aromatic N) is 3. The molecule has 0 spiro atoms. The number of carbonyl (C=O) groups excluding carboxylic acids is 1. The molecule has 2 aliphatic carbocycles. The summed E-state index contributed by atoms with van der Waals surface area (Å²) < 4.78 is 21.2. The molecule has 174 valence electrons. The monoisotopic (exact) mass is 452 g/mol. The number of methoxy groups -OCH3 is 1. The van der Waals surface area contributed by atoms with Crippen LogP contribution in [0.25, 0.3) is 0 Å². The van der Waals surface area contributed by atoms with Crippen LogP contribution in [0.15, 0.2) is 30.6 Å². The van der Waals surface area contributed by atoms with E-state index in [2.05, 4.69) is 20.6 Å². The van der Waals surface area contributed by atoms with E-state index in [1.54, 1.807) is 37.9 Å². The van der Waals surface area contributed by atoms with Gasteiger partial charge in [-0.1, -0.05) is 0 Å². The fraction of sp³-hybridized carbons (Fsp3) is 0.458. The number of H-pyrrole nitrogens is 1. The second-order valence-corrected chi connectivity index (χ2v) is 9.47. The van der Waals surface area contributed by atoms with E-state index in [4.69, 9.17) is 10.5 Å². The molecular weight excluding hydrogens is 423 g/mol. The van der Waals surface area contributed by atoms with Gasteiger partial charge in [0.1, 0.15) is 17.2 Å². The number of aromatic nitrogens is 4. The van der Waals surface area contributed by atoms with Gasteiger partial charge in [0.25, 0.3) is 5.91 Å². The summed E-state index contributed by atoms with van der Waals surface area (Å²) in [4.78, 5) is 13.2. The lowest BCUT2D eigenvalue weighted by Crippen LogP contribution is -2.25. The fourth-order valence-electron chi connectivity index (χ4n) is 5.88. The van der Waals surface area contributed by atoms with E-state index in [0.717, 1.165) is 36.9 Å². The van der Waals surface area contributed by atoms with E-state index in [9.17, 15) is 9.18 Å². The summed E-state index contributed by atoms with van der Waals surface area (Å²) in [7, 11) is 3.52. The molecule has 0 bridgehead atoms. The molecule has 33 heavy (non-hydrogen) atoms. The predicted molar refractivity (Wildman–Crippen MR) is 122 cm³/mol. The molecule has 2 heterocycles. The average molecular weight is 453 g/mol. The lowest BCUT2D eigenvalue weighted by molar-refractivity contribution is -0.0164. The Morgan fingerprint density at radius 3 is 2.67 bits per heavy atom. The number of hydrogen-bond acceptors (Lipinski definition) is 5. The van der Waals surface area contributed by atoms with Crippen LogP contribution in [0.5, 0.6) is 0 Å². The quantitative estimate of drug-likeness (QED) is 0.544. The van der Waals surface area contributed by atoms with Crippen LogP contribution in [0, 0.1) is 24.6 Å². The molecular formula is C24H29FN6O2. The smallest absolute Gasteiger partial charge is 0.261 e. The first-order valence-electron chi connectivity index (χ1n) is 11.3. The number of aryl methyl sites for hydroxylation is 2. The Bertz CT molecular complexity index is 1170. The molecule has 2 aromatic heterocycles. The van der Waals surface area contributed by atoms with Crippen molar-refractivity contribution < 1.29 is 13.9 Å². The molecule has 5 rings (SSSR count). The van der Waals surface area contributed by atoms with Crippen molar-refractivity contribution in [1.82, 2.24) is 20.0 Å². The minimum Gasteiger partial charge on any atom is -0.383 e. The fourth-order valence-corrected chi connectivity index (χ4v) is 5.88. The van der Waals surface area contributed by atoms with Crippen molar-refractivity contribution in [2.24, 2.45) is 18.9 Å². The van der Waals surface area contributed by atoms with Crippen molar-refractivity contribution in [1.29, 1.82) is 0 Å². The number of fused-ring (bicyclic) bond motifs is 1. The molecule has 2 saturated carbocycles. The van der Waals surface area contributed by atoms with Crippen LogP contribution in [0.2, 0.25) is 0 Å². The molecule has 1 aromatic carbocycles. The highest BCUT2D eigenvalue weighted by Gasteiger charge is 2.52. The Labute approximate surface area is 191 Å². The highest BCUT2D eigenvalue weighted by Crippen LogP contribution is 2.58. The zero-order valence-corrected chi connectivity index (χ0v) is 19.1. The molecule has 2 aliphatic rings. The molecule has 2 unspecified atom stereocenters. The summed E-state index contributed by atoms with van der Waals surface area (Å²) in [5, 5.41) is 14.5. The molecule has 8 nitrogen and oxygen atoms in total. The van der Waals surface area contributed by atoms with E-state index in [1.165, 1.54) is 6.07 Å². The van der Waals surface area contributed by atoms with Crippen LogP contribution in [0.4, 0.5) is 15.9 Å². The molecule has 2 fully saturated rings. The molecule has 4 N–H and O–H groups in total. The van der Waals surface area contributed by atoms with Crippen molar-refractivity contribution in [3.8, 4) is 0 Å². The maximum Gasteiger partial charge on any atom is 0.261 e. The third kappa shape index (κ3) is 3.60. The maximum atomic E-state index is 13.6. The first-order valence-corrected chi connectivity index (χ1v) is 11.3. The van der Waals surface area contributed by atoms with Gasteiger partial charge < -0.3 is 15.8 Å². The Morgan fingerprint density at radius 1 is 1.33 bits per heavy atom. The van der Waals surface area contributed by atoms with E-state index >= 15 is 0 Å². The number of amides is 1. The van der Waals surface area contributed by atoms with Gasteiger partial charge in [-0.25, -0.2) is 4.39 Å². The van der Waals surface area contributed by atoms with Gasteiger partial charge in [-0.05, 0) is 68.2 Å². The number of ether oxygens (including phenoxy) is 1. The number of anilines is 2. The maximum absolute atomic E-state index is 13.6. The minimum atomic E-state index is -0.316. The molecule has 0 saturated heterocycles. The van der Waals surface area contributed by atoms with E-state index in [0.29, 0.717) is 34.5 Å². The van der Waals surface area contributed by atoms with Crippen molar-refractivity contribution in [2.45, 2.75) is 44.1 Å². The Hall–Kier alpha value is -3.20. The number of nitrogen functional groups attached to an aromatic ring is 1. The average Bonchev–Trinajstić information content (AvgIpc) is 3.54. The molecule has 0 aliphatic heterocycles. The summed E-state index contributed by atoms with van der Waals surface area (Å²) in [6.45, 7) is 1.66. The minimum absolute atomic E-state index is 0.151. The third-order valence-electron chi connectivity index (χ3n) is 7.59. The van der Waals surface area contributed by atoms with Crippen molar-refractivity contribution >= 4 is 17.4 Å². The van der Waals surface area contributed by atoms with Crippen molar-refractivity contribution in [3.63, 3.8) is 0 Å². The van der Waals surface area contributed by atoms with Gasteiger partial charge >= 0.3 is 0 Å². The van der Waals surface area contributed by atoms with Gasteiger partial charge in [0.05, 0.1) is 17.5 Å². The normalized spacial score (nSPS) is 26.5. The van der Waals surface area contributed by atoms with Crippen LogP contribution in [-0.2, 0) is 17.4 Å². The van der Waals surface area contributed by atoms with E-state index in [-0.39, 0.29) is 23.2 Å². The van der Waals surface area contributed by atoms with Gasteiger partial charge in [-0.2, -0.15) is 10.2 Å². The van der Waals surface area contributed by atoms with E-state index in [1.807, 2.05) is 12.4 Å². The van der Waals surface area contributed by atoms with Crippen LogP contribution < -0.4 is 11.1 Å². The van der Waals surface area contributed by atoms with Gasteiger partial charge in [-0.3, -0.25) is 14.6 Å².